The summed E-state index contributed by atoms with van der Waals surface area (Å²) >= 11 is 0. The van der Waals surface area contributed by atoms with Gasteiger partial charge < -0.3 is 9.88 Å². The molecule has 2 nitrogen and oxygen atoms in total. The fourth-order valence-corrected chi connectivity index (χ4v) is 2.25. The van der Waals surface area contributed by atoms with Gasteiger partial charge >= 0.3 is 0 Å². The van der Waals surface area contributed by atoms with Crippen molar-refractivity contribution in [1.29, 1.82) is 0 Å². The van der Waals surface area contributed by atoms with Crippen molar-refractivity contribution in [3.63, 3.8) is 0 Å². The molecule has 1 heterocycles. The summed E-state index contributed by atoms with van der Waals surface area (Å²) in [5, 5.41) is 3.58. The van der Waals surface area contributed by atoms with Crippen LogP contribution in [-0.4, -0.2) is 4.57 Å². The lowest BCUT2D eigenvalue weighted by atomic mass is 10.0. The Balaban J connectivity index is 1.96. The van der Waals surface area contributed by atoms with Crippen molar-refractivity contribution >= 4 is 0 Å². The summed E-state index contributed by atoms with van der Waals surface area (Å²) < 4.78 is 2.20. The van der Waals surface area contributed by atoms with Crippen molar-refractivity contribution in [2.24, 2.45) is 0 Å². The first kappa shape index (κ1) is 12.9. The fourth-order valence-electron chi connectivity index (χ4n) is 2.25. The Morgan fingerprint density at radius 2 is 2.00 bits per heavy atom. The molecule has 0 aliphatic carbocycles. The predicted molar refractivity (Wildman–Crippen MR) is 76.5 cm³/mol. The standard InChI is InChI=1S/C16H22N2/c1-4-18-10-9-15(12-18)11-17-14(3)16-8-6-5-7-13(16)2/h5-10,12,14,17H,4,11H2,1-3H3/t14-/m1/s1. The molecular weight excluding hydrogens is 220 g/mol. The molecule has 2 aromatic rings. The quantitative estimate of drug-likeness (QED) is 0.846. The van der Waals surface area contributed by atoms with Crippen LogP contribution < -0.4 is 5.32 Å². The van der Waals surface area contributed by atoms with E-state index in [9.17, 15) is 0 Å². The van der Waals surface area contributed by atoms with E-state index in [1.807, 2.05) is 0 Å². The summed E-state index contributed by atoms with van der Waals surface area (Å²) in [4.78, 5) is 0. The molecule has 1 aromatic carbocycles. The summed E-state index contributed by atoms with van der Waals surface area (Å²) in [5.74, 6) is 0. The zero-order chi connectivity index (χ0) is 13.0. The molecule has 96 valence electrons. The van der Waals surface area contributed by atoms with Gasteiger partial charge in [-0.1, -0.05) is 24.3 Å². The van der Waals surface area contributed by atoms with Crippen LogP contribution in [-0.2, 0) is 13.1 Å². The van der Waals surface area contributed by atoms with E-state index in [1.54, 1.807) is 0 Å². The van der Waals surface area contributed by atoms with Gasteiger partial charge in [0.05, 0.1) is 0 Å². The third-order valence-electron chi connectivity index (χ3n) is 3.44. The first-order valence-corrected chi connectivity index (χ1v) is 6.64. The Kier molecular flexibility index (Phi) is 4.21. The molecule has 1 aromatic heterocycles. The average molecular weight is 242 g/mol. The molecule has 2 heteroatoms. The maximum atomic E-state index is 3.58. The fraction of sp³-hybridized carbons (Fsp3) is 0.375. The van der Waals surface area contributed by atoms with Gasteiger partial charge in [-0.25, -0.2) is 0 Å². The number of aromatic nitrogens is 1. The Morgan fingerprint density at radius 3 is 2.67 bits per heavy atom. The SMILES string of the molecule is CCn1ccc(CN[C@H](C)c2ccccc2C)c1. The molecule has 0 spiro atoms. The normalized spacial score (nSPS) is 12.6. The molecule has 0 bridgehead atoms. The second kappa shape index (κ2) is 5.87. The Bertz CT molecular complexity index is 499. The van der Waals surface area contributed by atoms with E-state index in [0.29, 0.717) is 6.04 Å². The monoisotopic (exact) mass is 242 g/mol. The van der Waals surface area contributed by atoms with Crippen LogP contribution >= 0.6 is 0 Å². The Labute approximate surface area is 110 Å². The van der Waals surface area contributed by atoms with Gasteiger partial charge in [-0.3, -0.25) is 0 Å². The first-order chi connectivity index (χ1) is 8.70. The van der Waals surface area contributed by atoms with Gasteiger partial charge in [-0.2, -0.15) is 0 Å². The van der Waals surface area contributed by atoms with Crippen LogP contribution in [0.3, 0.4) is 0 Å². The van der Waals surface area contributed by atoms with Crippen LogP contribution in [0.4, 0.5) is 0 Å². The zero-order valence-corrected chi connectivity index (χ0v) is 11.5. The van der Waals surface area contributed by atoms with Crippen LogP contribution in [0.25, 0.3) is 0 Å². The van der Waals surface area contributed by atoms with Crippen molar-refractivity contribution in [1.82, 2.24) is 9.88 Å². The van der Waals surface area contributed by atoms with Crippen molar-refractivity contribution in [3.8, 4) is 0 Å². The smallest absolute Gasteiger partial charge is 0.0297 e. The molecule has 0 aliphatic heterocycles. The molecule has 0 radical (unpaired) electrons. The molecule has 0 saturated heterocycles. The van der Waals surface area contributed by atoms with E-state index in [1.165, 1.54) is 16.7 Å². The van der Waals surface area contributed by atoms with Gasteiger partial charge in [0, 0.05) is 31.5 Å². The molecule has 0 amide bonds. The number of benzene rings is 1. The van der Waals surface area contributed by atoms with E-state index >= 15 is 0 Å². The highest BCUT2D eigenvalue weighted by molar-refractivity contribution is 5.28. The highest BCUT2D eigenvalue weighted by atomic mass is 14.9. The summed E-state index contributed by atoms with van der Waals surface area (Å²) in [7, 11) is 0. The zero-order valence-electron chi connectivity index (χ0n) is 11.5. The van der Waals surface area contributed by atoms with Gasteiger partial charge in [0.1, 0.15) is 0 Å². The minimum absolute atomic E-state index is 0.385. The van der Waals surface area contributed by atoms with E-state index < -0.39 is 0 Å². The molecule has 2 rings (SSSR count). The van der Waals surface area contributed by atoms with Gasteiger partial charge in [-0.15, -0.1) is 0 Å². The summed E-state index contributed by atoms with van der Waals surface area (Å²) in [6.07, 6.45) is 4.34. The highest BCUT2D eigenvalue weighted by Crippen LogP contribution is 2.17. The highest BCUT2D eigenvalue weighted by Gasteiger charge is 2.07. The lowest BCUT2D eigenvalue weighted by Gasteiger charge is -2.16. The molecular formula is C16H22N2. The Hall–Kier alpha value is -1.54. The number of hydrogen-bond donors (Lipinski definition) is 1. The van der Waals surface area contributed by atoms with Crippen LogP contribution in [0.15, 0.2) is 42.7 Å². The number of rotatable bonds is 5. The maximum Gasteiger partial charge on any atom is 0.0297 e. The first-order valence-electron chi connectivity index (χ1n) is 6.64. The number of nitrogens with zero attached hydrogens (tertiary/aromatic N) is 1. The second-order valence-corrected chi connectivity index (χ2v) is 4.81. The Morgan fingerprint density at radius 1 is 1.22 bits per heavy atom. The van der Waals surface area contributed by atoms with E-state index in [2.05, 4.69) is 73.4 Å². The van der Waals surface area contributed by atoms with Crippen molar-refractivity contribution in [2.75, 3.05) is 0 Å². The van der Waals surface area contributed by atoms with Crippen LogP contribution in [0.2, 0.25) is 0 Å². The predicted octanol–water partition coefficient (Wildman–Crippen LogP) is 3.67. The summed E-state index contributed by atoms with van der Waals surface area (Å²) in [5.41, 5.74) is 4.08. The molecule has 0 fully saturated rings. The van der Waals surface area contributed by atoms with Crippen molar-refractivity contribution < 1.29 is 0 Å². The third-order valence-corrected chi connectivity index (χ3v) is 3.44. The van der Waals surface area contributed by atoms with Gasteiger partial charge in [0.25, 0.3) is 0 Å². The van der Waals surface area contributed by atoms with Crippen LogP contribution in [0.1, 0.15) is 36.6 Å². The molecule has 0 saturated carbocycles. The minimum Gasteiger partial charge on any atom is -0.354 e. The topological polar surface area (TPSA) is 17.0 Å². The van der Waals surface area contributed by atoms with Crippen LogP contribution in [0.5, 0.6) is 0 Å². The lowest BCUT2D eigenvalue weighted by molar-refractivity contribution is 0.571. The molecule has 1 N–H and O–H groups in total. The molecule has 0 unspecified atom stereocenters. The lowest BCUT2D eigenvalue weighted by Crippen LogP contribution is -2.18. The number of nitrogens with one attached hydrogen (secondary N) is 1. The number of aryl methyl sites for hydroxylation is 2. The molecule has 1 atom stereocenters. The average Bonchev–Trinajstić information content (AvgIpc) is 2.84. The van der Waals surface area contributed by atoms with Crippen LogP contribution in [0, 0.1) is 6.92 Å². The van der Waals surface area contributed by atoms with E-state index in [4.69, 9.17) is 0 Å². The minimum atomic E-state index is 0.385. The molecule has 18 heavy (non-hydrogen) atoms. The van der Waals surface area contributed by atoms with E-state index in [0.717, 1.165) is 13.1 Å². The number of hydrogen-bond acceptors (Lipinski definition) is 1. The second-order valence-electron chi connectivity index (χ2n) is 4.81. The third kappa shape index (κ3) is 3.02. The maximum absolute atomic E-state index is 3.58. The van der Waals surface area contributed by atoms with Gasteiger partial charge in [0.2, 0.25) is 0 Å². The summed E-state index contributed by atoms with van der Waals surface area (Å²) in [6.45, 7) is 8.50. The largest absolute Gasteiger partial charge is 0.354 e. The van der Waals surface area contributed by atoms with Crippen molar-refractivity contribution in [3.05, 3.63) is 59.4 Å². The van der Waals surface area contributed by atoms with Gasteiger partial charge in [0.15, 0.2) is 0 Å². The van der Waals surface area contributed by atoms with Crippen molar-refractivity contribution in [2.45, 2.75) is 39.9 Å². The molecule has 0 aliphatic rings. The summed E-state index contributed by atoms with van der Waals surface area (Å²) in [6, 6.07) is 11.1. The van der Waals surface area contributed by atoms with E-state index in [-0.39, 0.29) is 0 Å². The van der Waals surface area contributed by atoms with Gasteiger partial charge in [-0.05, 0) is 43.5 Å².